The number of furan rings is 1. The van der Waals surface area contributed by atoms with Crippen molar-refractivity contribution >= 4 is 26.0 Å². The molecule has 120 valence electrons. The zero-order chi connectivity index (χ0) is 15.9. The van der Waals surface area contributed by atoms with Crippen molar-refractivity contribution in [2.75, 3.05) is 26.2 Å². The van der Waals surface area contributed by atoms with Crippen LogP contribution in [0.15, 0.2) is 32.7 Å². The first-order valence-corrected chi connectivity index (χ1v) is 8.91. The Balaban J connectivity index is 2.98. The van der Waals surface area contributed by atoms with Gasteiger partial charge >= 0.3 is 0 Å². The largest absolute Gasteiger partial charge is 0.452 e. The van der Waals surface area contributed by atoms with Crippen molar-refractivity contribution in [1.29, 1.82) is 0 Å². The maximum absolute atomic E-state index is 12.5. The Morgan fingerprint density at radius 1 is 1.57 bits per heavy atom. The normalized spacial score (nSPS) is 12.0. The zero-order valence-electron chi connectivity index (χ0n) is 12.0. The number of hydrogen-bond donors (Lipinski definition) is 2. The van der Waals surface area contributed by atoms with Gasteiger partial charge in [0, 0.05) is 19.2 Å². The Kier molecular flexibility index (Phi) is 7.61. The minimum absolute atomic E-state index is 0.00932. The molecule has 2 N–H and O–H groups in total. The van der Waals surface area contributed by atoms with Crippen LogP contribution in [0, 0.1) is 0 Å². The van der Waals surface area contributed by atoms with Crippen LogP contribution in [0.25, 0.3) is 0 Å². The van der Waals surface area contributed by atoms with Gasteiger partial charge in [-0.3, -0.25) is 0 Å². The Bertz CT molecular complexity index is 557. The van der Waals surface area contributed by atoms with Crippen molar-refractivity contribution in [3.63, 3.8) is 0 Å². The predicted octanol–water partition coefficient (Wildman–Crippen LogP) is 1.71. The van der Waals surface area contributed by atoms with Gasteiger partial charge in [-0.2, -0.15) is 4.31 Å². The second-order valence-corrected chi connectivity index (χ2v) is 7.03. The first-order valence-electron chi connectivity index (χ1n) is 6.68. The van der Waals surface area contributed by atoms with Crippen LogP contribution < -0.4 is 5.32 Å². The van der Waals surface area contributed by atoms with Gasteiger partial charge < -0.3 is 14.8 Å². The first-order chi connectivity index (χ1) is 9.97. The lowest BCUT2D eigenvalue weighted by Gasteiger charge is -2.18. The quantitative estimate of drug-likeness (QED) is 0.476. The highest BCUT2D eigenvalue weighted by Gasteiger charge is 2.28. The van der Waals surface area contributed by atoms with Crippen LogP contribution in [-0.4, -0.2) is 44.1 Å². The molecule has 1 heterocycles. The third kappa shape index (κ3) is 4.93. The number of halogens is 1. The molecule has 0 atom stereocenters. The number of sulfonamides is 1. The molecule has 0 spiro atoms. The molecule has 21 heavy (non-hydrogen) atoms. The molecule has 8 heteroatoms. The summed E-state index contributed by atoms with van der Waals surface area (Å²) in [6.45, 7) is 6.75. The molecule has 0 aliphatic heterocycles. The molecule has 6 nitrogen and oxygen atoms in total. The maximum atomic E-state index is 12.5. The van der Waals surface area contributed by atoms with Crippen LogP contribution in [0.1, 0.15) is 19.1 Å². The average molecular weight is 381 g/mol. The van der Waals surface area contributed by atoms with E-state index in [2.05, 4.69) is 27.8 Å². The molecule has 0 unspecified atom stereocenters. The van der Waals surface area contributed by atoms with Gasteiger partial charge in [0.2, 0.25) is 10.0 Å². The fourth-order valence-electron chi connectivity index (χ4n) is 1.75. The summed E-state index contributed by atoms with van der Waals surface area (Å²) in [7, 11) is -3.73. The lowest BCUT2D eigenvalue weighted by Crippen LogP contribution is -2.33. The van der Waals surface area contributed by atoms with E-state index >= 15 is 0 Å². The molecule has 0 fully saturated rings. The van der Waals surface area contributed by atoms with Crippen LogP contribution in [-0.2, 0) is 16.6 Å². The van der Waals surface area contributed by atoms with Crippen LogP contribution in [0.5, 0.6) is 0 Å². The van der Waals surface area contributed by atoms with E-state index < -0.39 is 10.0 Å². The van der Waals surface area contributed by atoms with Crippen LogP contribution in [0.3, 0.4) is 0 Å². The zero-order valence-corrected chi connectivity index (χ0v) is 14.4. The highest BCUT2D eigenvalue weighted by molar-refractivity contribution is 9.10. The summed E-state index contributed by atoms with van der Waals surface area (Å²) in [5, 5.41) is 12.1. The number of aliphatic hydroxyl groups is 1. The number of aliphatic hydroxyl groups excluding tert-OH is 1. The second-order valence-electron chi connectivity index (χ2n) is 4.40. The summed E-state index contributed by atoms with van der Waals surface area (Å²) in [4.78, 5) is 0.0612. The van der Waals surface area contributed by atoms with Crippen molar-refractivity contribution < 1.29 is 17.9 Å². The lowest BCUT2D eigenvalue weighted by molar-refractivity contribution is 0.260. The van der Waals surface area contributed by atoms with Gasteiger partial charge in [-0.05, 0) is 28.9 Å². The molecule has 0 bridgehead atoms. The van der Waals surface area contributed by atoms with E-state index in [1.54, 1.807) is 0 Å². The van der Waals surface area contributed by atoms with E-state index in [1.807, 2.05) is 6.92 Å². The number of nitrogens with one attached hydrogen (secondary N) is 1. The highest BCUT2D eigenvalue weighted by Crippen LogP contribution is 2.28. The van der Waals surface area contributed by atoms with Gasteiger partial charge in [-0.1, -0.05) is 13.0 Å². The summed E-state index contributed by atoms with van der Waals surface area (Å²) >= 11 is 3.14. The van der Waals surface area contributed by atoms with Crippen molar-refractivity contribution in [1.82, 2.24) is 9.62 Å². The number of nitrogens with zero attached hydrogens (tertiary/aromatic N) is 1. The molecule has 0 saturated heterocycles. The smallest absolute Gasteiger partial charge is 0.247 e. The molecule has 1 aromatic rings. The molecule has 0 aliphatic rings. The van der Waals surface area contributed by atoms with Gasteiger partial charge in [0.1, 0.15) is 10.7 Å². The van der Waals surface area contributed by atoms with Gasteiger partial charge in [0.15, 0.2) is 4.67 Å². The molecule has 1 aromatic heterocycles. The third-order valence-electron chi connectivity index (χ3n) is 2.73. The monoisotopic (exact) mass is 380 g/mol. The second kappa shape index (κ2) is 8.70. The topological polar surface area (TPSA) is 82.8 Å². The molecular weight excluding hydrogens is 360 g/mol. The standard InChI is InChI=1S/C13H21BrN2O4S/c1-3-5-15-10-11-9-12(13(14)20-11)21(18,19)16(6-4-2)7-8-17/h4,9,15,17H,2-3,5-8,10H2,1H3. The Morgan fingerprint density at radius 2 is 2.29 bits per heavy atom. The van der Waals surface area contributed by atoms with Crippen molar-refractivity contribution in [3.05, 3.63) is 29.2 Å². The van der Waals surface area contributed by atoms with Crippen molar-refractivity contribution in [3.8, 4) is 0 Å². The van der Waals surface area contributed by atoms with E-state index in [0.29, 0.717) is 12.3 Å². The number of hydrogen-bond acceptors (Lipinski definition) is 5. The summed E-state index contributed by atoms with van der Waals surface area (Å²) in [5.41, 5.74) is 0. The molecular formula is C13H21BrN2O4S. The van der Waals surface area contributed by atoms with E-state index in [1.165, 1.54) is 12.1 Å². The SMILES string of the molecule is C=CCN(CCO)S(=O)(=O)c1cc(CNCCC)oc1Br. The van der Waals surface area contributed by atoms with Crippen LogP contribution >= 0.6 is 15.9 Å². The summed E-state index contributed by atoms with van der Waals surface area (Å²) < 4.78 is 31.8. The molecule has 0 amide bonds. The van der Waals surface area contributed by atoms with E-state index in [4.69, 9.17) is 9.52 Å². The summed E-state index contributed by atoms with van der Waals surface area (Å²) in [6.07, 6.45) is 2.46. The van der Waals surface area contributed by atoms with Gasteiger partial charge in [0.25, 0.3) is 0 Å². The van der Waals surface area contributed by atoms with E-state index in [9.17, 15) is 8.42 Å². The highest BCUT2D eigenvalue weighted by atomic mass is 79.9. The Labute approximate surface area is 134 Å². The van der Waals surface area contributed by atoms with Crippen LogP contribution in [0.4, 0.5) is 0 Å². The first kappa shape index (κ1) is 18.4. The maximum Gasteiger partial charge on any atom is 0.247 e. The average Bonchev–Trinajstić information content (AvgIpc) is 2.81. The lowest BCUT2D eigenvalue weighted by atomic mass is 10.4. The summed E-state index contributed by atoms with van der Waals surface area (Å²) in [5.74, 6) is 0.538. The van der Waals surface area contributed by atoms with Gasteiger partial charge in [-0.25, -0.2) is 8.42 Å². The van der Waals surface area contributed by atoms with E-state index in [-0.39, 0.29) is 29.3 Å². The molecule has 0 aromatic carbocycles. The number of rotatable bonds is 10. The fraction of sp³-hybridized carbons (Fsp3) is 0.538. The molecule has 1 rings (SSSR count). The van der Waals surface area contributed by atoms with Gasteiger partial charge in [0.05, 0.1) is 13.2 Å². The minimum atomic E-state index is -3.73. The predicted molar refractivity (Wildman–Crippen MR) is 84.4 cm³/mol. The molecule has 0 radical (unpaired) electrons. The Morgan fingerprint density at radius 3 is 2.86 bits per heavy atom. The van der Waals surface area contributed by atoms with Crippen molar-refractivity contribution in [2.45, 2.75) is 24.8 Å². The third-order valence-corrected chi connectivity index (χ3v) is 5.45. The molecule has 0 aliphatic carbocycles. The fourth-order valence-corrected chi connectivity index (χ4v) is 4.12. The summed E-state index contributed by atoms with van der Waals surface area (Å²) in [6, 6.07) is 1.50. The van der Waals surface area contributed by atoms with Crippen molar-refractivity contribution in [2.24, 2.45) is 0 Å². The van der Waals surface area contributed by atoms with Crippen LogP contribution in [0.2, 0.25) is 0 Å². The minimum Gasteiger partial charge on any atom is -0.452 e. The van der Waals surface area contributed by atoms with E-state index in [0.717, 1.165) is 17.3 Å². The van der Waals surface area contributed by atoms with Gasteiger partial charge in [-0.15, -0.1) is 6.58 Å². The Hall–Kier alpha value is -0.670. The molecule has 0 saturated carbocycles.